The summed E-state index contributed by atoms with van der Waals surface area (Å²) in [6.07, 6.45) is 1.13. The minimum atomic E-state index is 0.421. The van der Waals surface area contributed by atoms with Gasteiger partial charge in [-0.05, 0) is 43.3 Å². The van der Waals surface area contributed by atoms with Crippen molar-refractivity contribution < 1.29 is 0 Å². The summed E-state index contributed by atoms with van der Waals surface area (Å²) in [4.78, 5) is 2.47. The summed E-state index contributed by atoms with van der Waals surface area (Å²) in [6.45, 7) is 5.24. The van der Waals surface area contributed by atoms with Crippen molar-refractivity contribution in [3.8, 4) is 0 Å². The van der Waals surface area contributed by atoms with Gasteiger partial charge in [0.1, 0.15) is 0 Å². The van der Waals surface area contributed by atoms with Gasteiger partial charge in [-0.2, -0.15) is 0 Å². The lowest BCUT2D eigenvalue weighted by atomic mass is 10.2. The minimum Gasteiger partial charge on any atom is -0.358 e. The molecule has 1 aliphatic heterocycles. The van der Waals surface area contributed by atoms with Crippen LogP contribution in [0.2, 0.25) is 0 Å². The molecule has 120 valence electrons. The standard InChI is InChI=1S/C19H23N3S/c1-15-7-9-17(10-8-15)20-19(23)21-18-11-12-22(14-18)13-16-5-3-2-4-6-16/h2-10,18H,11-14H2,1H3,(H2,20,21,23)/t18-/m0/s1. The molecule has 1 fully saturated rings. The van der Waals surface area contributed by atoms with Crippen molar-refractivity contribution >= 4 is 23.0 Å². The van der Waals surface area contributed by atoms with E-state index in [-0.39, 0.29) is 0 Å². The second-order valence-electron chi connectivity index (χ2n) is 6.17. The minimum absolute atomic E-state index is 0.421. The van der Waals surface area contributed by atoms with Crippen LogP contribution in [0.1, 0.15) is 17.5 Å². The number of anilines is 1. The third kappa shape index (κ3) is 4.78. The van der Waals surface area contributed by atoms with Gasteiger partial charge < -0.3 is 10.6 Å². The van der Waals surface area contributed by atoms with Gasteiger partial charge in [0.25, 0.3) is 0 Å². The molecule has 3 rings (SSSR count). The molecule has 0 bridgehead atoms. The topological polar surface area (TPSA) is 27.3 Å². The van der Waals surface area contributed by atoms with Gasteiger partial charge in [-0.25, -0.2) is 0 Å². The molecule has 2 aromatic carbocycles. The molecular weight excluding hydrogens is 302 g/mol. The van der Waals surface area contributed by atoms with E-state index in [1.54, 1.807) is 0 Å². The average molecular weight is 325 g/mol. The predicted molar refractivity (Wildman–Crippen MR) is 101 cm³/mol. The number of thiocarbonyl (C=S) groups is 1. The first-order chi connectivity index (χ1) is 11.2. The van der Waals surface area contributed by atoms with E-state index in [0.29, 0.717) is 11.2 Å². The number of hydrogen-bond acceptors (Lipinski definition) is 2. The van der Waals surface area contributed by atoms with Crippen LogP contribution >= 0.6 is 12.2 Å². The van der Waals surface area contributed by atoms with Crippen molar-refractivity contribution in [1.82, 2.24) is 10.2 Å². The number of benzene rings is 2. The predicted octanol–water partition coefficient (Wildman–Crippen LogP) is 3.56. The van der Waals surface area contributed by atoms with Crippen LogP contribution in [-0.2, 0) is 6.54 Å². The molecule has 0 amide bonds. The van der Waals surface area contributed by atoms with Crippen LogP contribution in [0.15, 0.2) is 54.6 Å². The Morgan fingerprint density at radius 1 is 1.13 bits per heavy atom. The van der Waals surface area contributed by atoms with Gasteiger partial charge in [0.05, 0.1) is 0 Å². The summed E-state index contributed by atoms with van der Waals surface area (Å²) in [5.41, 5.74) is 3.66. The van der Waals surface area contributed by atoms with Crippen LogP contribution in [0.5, 0.6) is 0 Å². The molecule has 1 saturated heterocycles. The van der Waals surface area contributed by atoms with Gasteiger partial charge >= 0.3 is 0 Å². The third-order valence-electron chi connectivity index (χ3n) is 4.17. The van der Waals surface area contributed by atoms with Crippen molar-refractivity contribution in [1.29, 1.82) is 0 Å². The highest BCUT2D eigenvalue weighted by Gasteiger charge is 2.22. The molecule has 2 aromatic rings. The van der Waals surface area contributed by atoms with Gasteiger partial charge in [-0.3, -0.25) is 4.90 Å². The Labute approximate surface area is 143 Å². The van der Waals surface area contributed by atoms with E-state index >= 15 is 0 Å². The van der Waals surface area contributed by atoms with E-state index in [1.165, 1.54) is 11.1 Å². The first kappa shape index (κ1) is 16.0. The van der Waals surface area contributed by atoms with Crippen LogP contribution in [0.3, 0.4) is 0 Å². The summed E-state index contributed by atoms with van der Waals surface area (Å²) in [7, 11) is 0. The molecular formula is C19H23N3S. The Hall–Kier alpha value is -1.91. The Morgan fingerprint density at radius 2 is 1.87 bits per heavy atom. The fourth-order valence-corrected chi connectivity index (χ4v) is 3.21. The molecule has 2 N–H and O–H groups in total. The molecule has 0 spiro atoms. The maximum Gasteiger partial charge on any atom is 0.171 e. The van der Waals surface area contributed by atoms with Crippen molar-refractivity contribution in [3.63, 3.8) is 0 Å². The molecule has 1 aliphatic rings. The zero-order valence-electron chi connectivity index (χ0n) is 13.5. The highest BCUT2D eigenvalue weighted by atomic mass is 32.1. The first-order valence-electron chi connectivity index (χ1n) is 8.09. The highest BCUT2D eigenvalue weighted by molar-refractivity contribution is 7.80. The lowest BCUT2D eigenvalue weighted by Gasteiger charge is -2.18. The average Bonchev–Trinajstić information content (AvgIpc) is 2.97. The summed E-state index contributed by atoms with van der Waals surface area (Å²) in [5.74, 6) is 0. The zero-order chi connectivity index (χ0) is 16.1. The van der Waals surface area contributed by atoms with Gasteiger partial charge in [0.2, 0.25) is 0 Å². The molecule has 1 heterocycles. The number of nitrogens with zero attached hydrogens (tertiary/aromatic N) is 1. The second kappa shape index (κ2) is 7.57. The third-order valence-corrected chi connectivity index (χ3v) is 4.39. The SMILES string of the molecule is Cc1ccc(NC(=S)N[C@H]2CCN(Cc3ccccc3)C2)cc1. The summed E-state index contributed by atoms with van der Waals surface area (Å²) in [6, 6.07) is 19.3. The summed E-state index contributed by atoms with van der Waals surface area (Å²) >= 11 is 5.43. The second-order valence-corrected chi connectivity index (χ2v) is 6.58. The Balaban J connectivity index is 1.46. The zero-order valence-corrected chi connectivity index (χ0v) is 14.3. The fourth-order valence-electron chi connectivity index (χ4n) is 2.93. The summed E-state index contributed by atoms with van der Waals surface area (Å²) < 4.78 is 0. The smallest absolute Gasteiger partial charge is 0.171 e. The van der Waals surface area contributed by atoms with Crippen LogP contribution in [-0.4, -0.2) is 29.1 Å². The van der Waals surface area contributed by atoms with Gasteiger partial charge in [0.15, 0.2) is 5.11 Å². The number of rotatable bonds is 4. The lowest BCUT2D eigenvalue weighted by Crippen LogP contribution is -2.39. The molecule has 4 heteroatoms. The lowest BCUT2D eigenvalue weighted by molar-refractivity contribution is 0.324. The molecule has 0 radical (unpaired) electrons. The van der Waals surface area contributed by atoms with Gasteiger partial charge in [-0.15, -0.1) is 0 Å². The molecule has 0 aliphatic carbocycles. The van der Waals surface area contributed by atoms with Crippen LogP contribution in [0, 0.1) is 6.92 Å². The van der Waals surface area contributed by atoms with Crippen molar-refractivity contribution in [3.05, 3.63) is 65.7 Å². The molecule has 3 nitrogen and oxygen atoms in total. The van der Waals surface area contributed by atoms with E-state index in [0.717, 1.165) is 31.7 Å². The number of likely N-dealkylation sites (tertiary alicyclic amines) is 1. The maximum absolute atomic E-state index is 5.43. The van der Waals surface area contributed by atoms with Crippen LogP contribution in [0.4, 0.5) is 5.69 Å². The van der Waals surface area contributed by atoms with Gasteiger partial charge in [-0.1, -0.05) is 48.0 Å². The first-order valence-corrected chi connectivity index (χ1v) is 8.50. The Morgan fingerprint density at radius 3 is 2.61 bits per heavy atom. The maximum atomic E-state index is 5.43. The molecule has 23 heavy (non-hydrogen) atoms. The van der Waals surface area contributed by atoms with E-state index in [4.69, 9.17) is 12.2 Å². The monoisotopic (exact) mass is 325 g/mol. The number of hydrogen-bond donors (Lipinski definition) is 2. The van der Waals surface area contributed by atoms with Crippen molar-refractivity contribution in [2.24, 2.45) is 0 Å². The number of nitrogens with one attached hydrogen (secondary N) is 2. The normalized spacial score (nSPS) is 17.9. The summed E-state index contributed by atoms with van der Waals surface area (Å²) in [5, 5.41) is 7.41. The molecule has 0 saturated carbocycles. The van der Waals surface area contributed by atoms with Crippen molar-refractivity contribution in [2.75, 3.05) is 18.4 Å². The fraction of sp³-hybridized carbons (Fsp3) is 0.316. The largest absolute Gasteiger partial charge is 0.358 e. The van der Waals surface area contributed by atoms with E-state index in [1.807, 2.05) is 0 Å². The van der Waals surface area contributed by atoms with E-state index in [2.05, 4.69) is 77.1 Å². The van der Waals surface area contributed by atoms with Crippen LogP contribution in [0.25, 0.3) is 0 Å². The molecule has 0 aromatic heterocycles. The van der Waals surface area contributed by atoms with Crippen molar-refractivity contribution in [2.45, 2.75) is 25.9 Å². The molecule has 1 atom stereocenters. The quantitative estimate of drug-likeness (QED) is 0.841. The van der Waals surface area contributed by atoms with Gasteiger partial charge in [0, 0.05) is 31.4 Å². The van der Waals surface area contributed by atoms with E-state index in [9.17, 15) is 0 Å². The number of aryl methyl sites for hydroxylation is 1. The Bertz CT molecular complexity index is 639. The highest BCUT2D eigenvalue weighted by Crippen LogP contribution is 2.14. The molecule has 0 unspecified atom stereocenters. The van der Waals surface area contributed by atoms with Crippen LogP contribution < -0.4 is 10.6 Å². The van der Waals surface area contributed by atoms with E-state index < -0.39 is 0 Å². The Kier molecular flexibility index (Phi) is 5.26.